The lowest BCUT2D eigenvalue weighted by Crippen LogP contribution is -2.32. The second-order valence-electron chi connectivity index (χ2n) is 6.02. The Hall–Kier alpha value is -0.0800. The molecule has 2 rings (SSSR count). The van der Waals surface area contributed by atoms with E-state index in [9.17, 15) is 0 Å². The maximum atomic E-state index is 8.77. The minimum absolute atomic E-state index is 0.368. The molecule has 2 heteroatoms. The first-order valence-electron chi connectivity index (χ1n) is 7.05. The molecule has 0 bridgehead atoms. The van der Waals surface area contributed by atoms with E-state index >= 15 is 0 Å². The summed E-state index contributed by atoms with van der Waals surface area (Å²) in [7, 11) is 2.33. The van der Waals surface area contributed by atoms with Crippen LogP contribution in [-0.2, 0) is 0 Å². The monoisotopic (exact) mass is 225 g/mol. The van der Waals surface area contributed by atoms with E-state index < -0.39 is 0 Å². The predicted molar refractivity (Wildman–Crippen MR) is 67.4 cm³/mol. The van der Waals surface area contributed by atoms with Crippen LogP contribution in [0.4, 0.5) is 0 Å². The fraction of sp³-hybridized carbons (Fsp3) is 1.00. The molecule has 2 nitrogen and oxygen atoms in total. The maximum Gasteiger partial charge on any atom is 0.0431 e. The number of aliphatic hydroxyl groups excluding tert-OH is 1. The molecule has 94 valence electrons. The van der Waals surface area contributed by atoms with Gasteiger partial charge in [0.15, 0.2) is 0 Å². The van der Waals surface area contributed by atoms with Crippen LogP contribution in [0.2, 0.25) is 0 Å². The molecule has 0 saturated heterocycles. The highest BCUT2D eigenvalue weighted by atomic mass is 16.2. The molecule has 0 radical (unpaired) electrons. The number of hydrogen-bond acceptors (Lipinski definition) is 2. The van der Waals surface area contributed by atoms with Gasteiger partial charge in [0.2, 0.25) is 0 Å². The van der Waals surface area contributed by atoms with Crippen molar-refractivity contribution in [2.75, 3.05) is 13.7 Å². The zero-order valence-corrected chi connectivity index (χ0v) is 10.9. The molecule has 16 heavy (non-hydrogen) atoms. The van der Waals surface area contributed by atoms with Crippen LogP contribution in [0.5, 0.6) is 0 Å². The summed E-state index contributed by atoms with van der Waals surface area (Å²) >= 11 is 0. The second-order valence-corrected chi connectivity index (χ2v) is 6.02. The van der Waals surface area contributed by atoms with Crippen LogP contribution < -0.4 is 0 Å². The van der Waals surface area contributed by atoms with E-state index in [1.165, 1.54) is 38.5 Å². The van der Waals surface area contributed by atoms with E-state index in [0.717, 1.165) is 30.3 Å². The molecule has 0 amide bonds. The Bertz CT molecular complexity index is 219. The van der Waals surface area contributed by atoms with E-state index in [0.29, 0.717) is 6.61 Å². The summed E-state index contributed by atoms with van der Waals surface area (Å²) < 4.78 is 0. The van der Waals surface area contributed by atoms with Gasteiger partial charge in [-0.25, -0.2) is 0 Å². The number of rotatable bonds is 6. The van der Waals surface area contributed by atoms with Crippen molar-refractivity contribution in [2.24, 2.45) is 11.8 Å². The Kier molecular flexibility index (Phi) is 4.26. The van der Waals surface area contributed by atoms with Gasteiger partial charge in [-0.2, -0.15) is 0 Å². The molecule has 0 heterocycles. The van der Waals surface area contributed by atoms with Gasteiger partial charge in [-0.05, 0) is 57.4 Å². The highest BCUT2D eigenvalue weighted by Gasteiger charge is 2.42. The van der Waals surface area contributed by atoms with Gasteiger partial charge >= 0.3 is 0 Å². The first kappa shape index (κ1) is 12.4. The molecular formula is C14H27NO. The van der Waals surface area contributed by atoms with Crippen LogP contribution in [0, 0.1) is 11.8 Å². The summed E-state index contributed by atoms with van der Waals surface area (Å²) in [6, 6.07) is 1.73. The topological polar surface area (TPSA) is 23.5 Å². The number of hydrogen-bond donors (Lipinski definition) is 1. The SMILES string of the molecule is CC1CCC(N(C)C2CC2CCCCO)C1. The molecule has 1 N–H and O–H groups in total. The Balaban J connectivity index is 1.66. The smallest absolute Gasteiger partial charge is 0.0431 e. The molecule has 0 aromatic rings. The first-order chi connectivity index (χ1) is 7.72. The third-order valence-electron chi connectivity index (χ3n) is 4.63. The van der Waals surface area contributed by atoms with Crippen LogP contribution in [0.25, 0.3) is 0 Å². The van der Waals surface area contributed by atoms with Crippen molar-refractivity contribution < 1.29 is 5.11 Å². The molecule has 4 atom stereocenters. The minimum Gasteiger partial charge on any atom is -0.396 e. The fourth-order valence-electron chi connectivity index (χ4n) is 3.38. The number of nitrogens with zero attached hydrogens (tertiary/aromatic N) is 1. The van der Waals surface area contributed by atoms with Crippen LogP contribution in [-0.4, -0.2) is 35.7 Å². The summed E-state index contributed by atoms with van der Waals surface area (Å²) in [4.78, 5) is 2.66. The molecule has 0 aliphatic heterocycles. The lowest BCUT2D eigenvalue weighted by Gasteiger charge is -2.24. The average molecular weight is 225 g/mol. The molecular weight excluding hydrogens is 198 g/mol. The maximum absolute atomic E-state index is 8.77. The van der Waals surface area contributed by atoms with Crippen molar-refractivity contribution in [3.05, 3.63) is 0 Å². The molecule has 0 aromatic carbocycles. The summed E-state index contributed by atoms with van der Waals surface area (Å²) in [6.07, 6.45) is 9.20. The van der Waals surface area contributed by atoms with Gasteiger partial charge in [-0.1, -0.05) is 13.3 Å². The van der Waals surface area contributed by atoms with Gasteiger partial charge in [0.1, 0.15) is 0 Å². The van der Waals surface area contributed by atoms with Crippen LogP contribution in [0.3, 0.4) is 0 Å². The van der Waals surface area contributed by atoms with E-state index in [1.807, 2.05) is 0 Å². The Morgan fingerprint density at radius 2 is 2.00 bits per heavy atom. The Morgan fingerprint density at radius 1 is 1.19 bits per heavy atom. The van der Waals surface area contributed by atoms with Gasteiger partial charge in [-0.3, -0.25) is 0 Å². The quantitative estimate of drug-likeness (QED) is 0.703. The molecule has 2 saturated carbocycles. The Morgan fingerprint density at radius 3 is 2.62 bits per heavy atom. The fourth-order valence-corrected chi connectivity index (χ4v) is 3.38. The van der Waals surface area contributed by atoms with Gasteiger partial charge in [0.05, 0.1) is 0 Å². The van der Waals surface area contributed by atoms with Crippen LogP contribution in [0.15, 0.2) is 0 Å². The number of aliphatic hydroxyl groups is 1. The summed E-state index contributed by atoms with van der Waals surface area (Å²) in [6.45, 7) is 2.76. The zero-order chi connectivity index (χ0) is 11.5. The normalized spacial score (nSPS) is 38.2. The van der Waals surface area contributed by atoms with E-state index in [4.69, 9.17) is 5.11 Å². The lowest BCUT2D eigenvalue weighted by atomic mass is 10.1. The largest absolute Gasteiger partial charge is 0.396 e. The van der Waals surface area contributed by atoms with E-state index in [-0.39, 0.29) is 0 Å². The van der Waals surface area contributed by atoms with Crippen molar-refractivity contribution in [3.63, 3.8) is 0 Å². The van der Waals surface area contributed by atoms with Crippen molar-refractivity contribution in [3.8, 4) is 0 Å². The minimum atomic E-state index is 0.368. The molecule has 4 unspecified atom stereocenters. The zero-order valence-electron chi connectivity index (χ0n) is 10.9. The van der Waals surface area contributed by atoms with Crippen LogP contribution >= 0.6 is 0 Å². The Labute approximate surface area is 100 Å². The van der Waals surface area contributed by atoms with Crippen molar-refractivity contribution in [1.29, 1.82) is 0 Å². The van der Waals surface area contributed by atoms with Gasteiger partial charge in [-0.15, -0.1) is 0 Å². The highest BCUT2D eigenvalue weighted by molar-refractivity contribution is 4.97. The third-order valence-corrected chi connectivity index (χ3v) is 4.63. The number of unbranched alkanes of at least 4 members (excludes halogenated alkanes) is 1. The van der Waals surface area contributed by atoms with Gasteiger partial charge in [0, 0.05) is 18.7 Å². The molecule has 2 aliphatic rings. The standard InChI is InChI=1S/C14H27NO/c1-11-6-7-13(9-11)15(2)14-10-12(14)5-3-4-8-16/h11-14,16H,3-10H2,1-2H3. The molecule has 0 spiro atoms. The van der Waals surface area contributed by atoms with Crippen molar-refractivity contribution in [2.45, 2.75) is 64.0 Å². The average Bonchev–Trinajstić information content (AvgIpc) is 2.91. The van der Waals surface area contributed by atoms with E-state index in [2.05, 4.69) is 18.9 Å². The van der Waals surface area contributed by atoms with E-state index in [1.54, 1.807) is 0 Å². The molecule has 2 aliphatic carbocycles. The summed E-state index contributed by atoms with van der Waals surface area (Å²) in [5, 5.41) is 8.77. The van der Waals surface area contributed by atoms with Gasteiger partial charge < -0.3 is 10.0 Å². The van der Waals surface area contributed by atoms with Crippen molar-refractivity contribution >= 4 is 0 Å². The molecule has 0 aromatic heterocycles. The van der Waals surface area contributed by atoms with Crippen molar-refractivity contribution in [1.82, 2.24) is 4.90 Å². The lowest BCUT2D eigenvalue weighted by molar-refractivity contribution is 0.218. The third kappa shape index (κ3) is 2.98. The first-order valence-corrected chi connectivity index (χ1v) is 7.05. The summed E-state index contributed by atoms with van der Waals surface area (Å²) in [5.74, 6) is 1.88. The van der Waals surface area contributed by atoms with Crippen LogP contribution in [0.1, 0.15) is 51.9 Å². The predicted octanol–water partition coefficient (Wildman–Crippen LogP) is 2.66. The second kappa shape index (κ2) is 5.50. The van der Waals surface area contributed by atoms with Gasteiger partial charge in [0.25, 0.3) is 0 Å². The highest BCUT2D eigenvalue weighted by Crippen LogP contribution is 2.42. The summed E-state index contributed by atoms with van der Waals surface area (Å²) in [5.41, 5.74) is 0. The molecule has 2 fully saturated rings.